The first-order valence-corrected chi connectivity index (χ1v) is 8.63. The first kappa shape index (κ1) is 14.3. The van der Waals surface area contributed by atoms with Crippen LogP contribution in [0.4, 0.5) is 5.82 Å². The van der Waals surface area contributed by atoms with Crippen LogP contribution in [0.15, 0.2) is 30.5 Å². The Labute approximate surface area is 137 Å². The maximum Gasteiger partial charge on any atom is 0.235 e. The van der Waals surface area contributed by atoms with E-state index in [-0.39, 0.29) is 11.2 Å². The zero-order valence-electron chi connectivity index (χ0n) is 12.9. The van der Waals surface area contributed by atoms with Crippen LogP contribution in [-0.2, 0) is 4.79 Å². The number of benzene rings is 1. The molecule has 4 rings (SSSR count). The van der Waals surface area contributed by atoms with Crippen molar-refractivity contribution in [3.63, 3.8) is 0 Å². The fourth-order valence-corrected chi connectivity index (χ4v) is 4.01. The molecule has 1 aliphatic heterocycles. The number of H-pyrrole nitrogens is 1. The molecule has 0 aliphatic carbocycles. The maximum absolute atomic E-state index is 12.1. The molecule has 2 N–H and O–H groups in total. The predicted octanol–water partition coefficient (Wildman–Crippen LogP) is 3.13. The van der Waals surface area contributed by atoms with Crippen molar-refractivity contribution in [3.8, 4) is 5.95 Å². The van der Waals surface area contributed by atoms with Gasteiger partial charge in [-0.05, 0) is 18.1 Å². The van der Waals surface area contributed by atoms with Gasteiger partial charge in [0.25, 0.3) is 0 Å². The van der Waals surface area contributed by atoms with Gasteiger partial charge in [-0.15, -0.1) is 11.8 Å². The molecule has 1 atom stereocenters. The number of anilines is 1. The van der Waals surface area contributed by atoms with Crippen molar-refractivity contribution < 1.29 is 4.79 Å². The first-order chi connectivity index (χ1) is 11.1. The van der Waals surface area contributed by atoms with E-state index in [9.17, 15) is 4.79 Å². The predicted molar refractivity (Wildman–Crippen MR) is 91.9 cm³/mol. The summed E-state index contributed by atoms with van der Waals surface area (Å²) in [5.41, 5.74) is 2.87. The summed E-state index contributed by atoms with van der Waals surface area (Å²) in [5.74, 6) is 2.20. The van der Waals surface area contributed by atoms with E-state index in [1.54, 1.807) is 16.4 Å². The van der Waals surface area contributed by atoms with Crippen molar-refractivity contribution in [1.82, 2.24) is 19.7 Å². The molecule has 2 aromatic heterocycles. The number of fused-ring (bicyclic) bond motifs is 2. The number of aromatic amines is 1. The fraction of sp³-hybridized carbons (Fsp3) is 0.312. The summed E-state index contributed by atoms with van der Waals surface area (Å²) in [5, 5.41) is 7.68. The number of aromatic nitrogens is 4. The van der Waals surface area contributed by atoms with Gasteiger partial charge in [0.2, 0.25) is 11.9 Å². The molecule has 23 heavy (non-hydrogen) atoms. The van der Waals surface area contributed by atoms with Crippen molar-refractivity contribution in [2.24, 2.45) is 5.92 Å². The van der Waals surface area contributed by atoms with E-state index in [2.05, 4.69) is 34.2 Å². The monoisotopic (exact) mass is 327 g/mol. The van der Waals surface area contributed by atoms with Crippen LogP contribution in [-0.4, -0.2) is 31.4 Å². The lowest BCUT2D eigenvalue weighted by Gasteiger charge is -2.17. The molecular weight excluding hydrogens is 310 g/mol. The Balaban J connectivity index is 1.86. The number of hydrogen-bond acceptors (Lipinski definition) is 4. The summed E-state index contributed by atoms with van der Waals surface area (Å²) in [7, 11) is 0. The van der Waals surface area contributed by atoms with Crippen LogP contribution in [0.1, 0.15) is 24.7 Å². The Morgan fingerprint density at radius 2 is 2.17 bits per heavy atom. The van der Waals surface area contributed by atoms with Crippen molar-refractivity contribution in [1.29, 1.82) is 0 Å². The van der Waals surface area contributed by atoms with Crippen LogP contribution in [0.5, 0.6) is 0 Å². The number of nitrogens with zero attached hydrogens (tertiary/aromatic N) is 3. The second-order valence-corrected chi connectivity index (χ2v) is 7.09. The number of hydrogen-bond donors (Lipinski definition) is 2. The number of carbonyl (C=O) groups is 1. The summed E-state index contributed by atoms with van der Waals surface area (Å²) in [6, 6.07) is 7.83. The average molecular weight is 327 g/mol. The highest BCUT2D eigenvalue weighted by Gasteiger charge is 2.29. The van der Waals surface area contributed by atoms with E-state index < -0.39 is 0 Å². The topological polar surface area (TPSA) is 75.6 Å². The van der Waals surface area contributed by atoms with Gasteiger partial charge in [0.15, 0.2) is 0 Å². The molecule has 1 unspecified atom stereocenters. The molecule has 0 saturated carbocycles. The molecule has 0 spiro atoms. The van der Waals surface area contributed by atoms with Crippen molar-refractivity contribution in [3.05, 3.63) is 36.0 Å². The molecule has 1 aliphatic rings. The molecule has 118 valence electrons. The Bertz CT molecular complexity index is 849. The third-order valence-corrected chi connectivity index (χ3v) is 5.53. The van der Waals surface area contributed by atoms with Gasteiger partial charge < -0.3 is 10.3 Å². The molecular formula is C16H17N5OS. The third kappa shape index (κ3) is 2.41. The minimum Gasteiger partial charge on any atom is -0.322 e. The van der Waals surface area contributed by atoms with Crippen LogP contribution in [0.2, 0.25) is 0 Å². The molecule has 1 aromatic carbocycles. The summed E-state index contributed by atoms with van der Waals surface area (Å²) in [6.45, 7) is 4.32. The molecule has 3 heterocycles. The Kier molecular flexibility index (Phi) is 3.37. The van der Waals surface area contributed by atoms with Gasteiger partial charge >= 0.3 is 0 Å². The Hall–Kier alpha value is -2.28. The zero-order chi connectivity index (χ0) is 16.0. The number of thioether (sulfide) groups is 1. The van der Waals surface area contributed by atoms with Crippen LogP contribution < -0.4 is 5.32 Å². The average Bonchev–Trinajstić information content (AvgIpc) is 3.07. The number of amides is 1. The summed E-state index contributed by atoms with van der Waals surface area (Å²) >= 11 is 1.66. The molecule has 6 nitrogen and oxygen atoms in total. The normalized spacial score (nSPS) is 18.0. The second-order valence-electron chi connectivity index (χ2n) is 5.96. The highest BCUT2D eigenvalue weighted by Crippen LogP contribution is 2.41. The summed E-state index contributed by atoms with van der Waals surface area (Å²) < 4.78 is 1.69. The highest BCUT2D eigenvalue weighted by atomic mass is 32.2. The lowest BCUT2D eigenvalue weighted by molar-refractivity contribution is -0.113. The zero-order valence-corrected chi connectivity index (χ0v) is 13.7. The number of rotatable bonds is 2. The molecule has 7 heteroatoms. The fourth-order valence-electron chi connectivity index (χ4n) is 2.87. The van der Waals surface area contributed by atoms with Gasteiger partial charge in [0.1, 0.15) is 5.82 Å². The molecule has 0 bridgehead atoms. The van der Waals surface area contributed by atoms with E-state index in [4.69, 9.17) is 0 Å². The van der Waals surface area contributed by atoms with E-state index in [1.807, 2.05) is 30.5 Å². The van der Waals surface area contributed by atoms with Crippen LogP contribution >= 0.6 is 11.8 Å². The lowest BCUT2D eigenvalue weighted by atomic mass is 10.0. The lowest BCUT2D eigenvalue weighted by Crippen LogP contribution is -2.16. The van der Waals surface area contributed by atoms with Gasteiger partial charge in [0, 0.05) is 10.8 Å². The summed E-state index contributed by atoms with van der Waals surface area (Å²) in [6.07, 6.45) is 1.84. The van der Waals surface area contributed by atoms with Crippen LogP contribution in [0.25, 0.3) is 17.0 Å². The Morgan fingerprint density at radius 3 is 2.96 bits per heavy atom. The number of carbonyl (C=O) groups excluding carboxylic acids is 1. The number of para-hydroxylation sites is 2. The number of nitrogens with one attached hydrogen (secondary N) is 2. The van der Waals surface area contributed by atoms with E-state index in [0.717, 1.165) is 22.4 Å². The van der Waals surface area contributed by atoms with Crippen molar-refractivity contribution in [2.45, 2.75) is 19.1 Å². The molecule has 1 amide bonds. The van der Waals surface area contributed by atoms with Crippen molar-refractivity contribution >= 4 is 34.5 Å². The number of imidazole rings is 1. The van der Waals surface area contributed by atoms with E-state index >= 15 is 0 Å². The standard InChI is InChI=1S/C16H17N5OS/c1-9(2)14-10-7-17-21(15(10)20-13(22)8-23-14)16-18-11-5-3-4-6-12(11)19-16/h3-7,9,14H,8H2,1-2H3,(H,18,19)(H,20,22). The Morgan fingerprint density at radius 1 is 1.35 bits per heavy atom. The van der Waals surface area contributed by atoms with Crippen LogP contribution in [0, 0.1) is 5.92 Å². The minimum absolute atomic E-state index is 0.00254. The van der Waals surface area contributed by atoms with E-state index in [0.29, 0.717) is 17.6 Å². The van der Waals surface area contributed by atoms with Gasteiger partial charge in [-0.1, -0.05) is 26.0 Å². The molecule has 3 aromatic rings. The quantitative estimate of drug-likeness (QED) is 0.758. The summed E-state index contributed by atoms with van der Waals surface area (Å²) in [4.78, 5) is 19.9. The van der Waals surface area contributed by atoms with Gasteiger partial charge in [0.05, 0.1) is 23.0 Å². The SMILES string of the molecule is CC(C)C1SCC(=O)Nc2c1cnn2-c1nc2ccccc2[nH]1. The first-order valence-electron chi connectivity index (χ1n) is 7.58. The minimum atomic E-state index is -0.00254. The van der Waals surface area contributed by atoms with E-state index in [1.165, 1.54) is 0 Å². The van der Waals surface area contributed by atoms with Crippen LogP contribution in [0.3, 0.4) is 0 Å². The molecule has 0 radical (unpaired) electrons. The van der Waals surface area contributed by atoms with Crippen molar-refractivity contribution in [2.75, 3.05) is 11.1 Å². The second kappa shape index (κ2) is 5.42. The largest absolute Gasteiger partial charge is 0.322 e. The van der Waals surface area contributed by atoms with Gasteiger partial charge in [-0.3, -0.25) is 4.79 Å². The smallest absolute Gasteiger partial charge is 0.235 e. The van der Waals surface area contributed by atoms with Gasteiger partial charge in [-0.2, -0.15) is 9.78 Å². The maximum atomic E-state index is 12.1. The third-order valence-electron chi connectivity index (χ3n) is 3.94. The van der Waals surface area contributed by atoms with Gasteiger partial charge in [-0.25, -0.2) is 4.98 Å². The molecule has 0 fully saturated rings. The highest BCUT2D eigenvalue weighted by molar-refractivity contribution is 8.00. The molecule has 0 saturated heterocycles.